The first kappa shape index (κ1) is 9.63. The van der Waals surface area contributed by atoms with Crippen molar-refractivity contribution < 1.29 is 9.59 Å². The molecule has 3 N–H and O–H groups in total. The minimum atomic E-state index is -0.497. The van der Waals surface area contributed by atoms with Gasteiger partial charge in [0.1, 0.15) is 0 Å². The Labute approximate surface area is 79.0 Å². The average Bonchev–Trinajstić information content (AvgIpc) is 2.66. The topological polar surface area (TPSA) is 72.2 Å². The molecule has 4 nitrogen and oxygen atoms in total. The smallest absolute Gasteiger partial charge is 0.258 e. The van der Waals surface area contributed by atoms with Crippen molar-refractivity contribution in [2.24, 2.45) is 5.84 Å². The third-order valence-corrected chi connectivity index (χ3v) is 2.02. The van der Waals surface area contributed by atoms with E-state index in [2.05, 4.69) is 0 Å². The Morgan fingerprint density at radius 3 is 2.77 bits per heavy atom. The SMILES string of the molecule is NNC(=O)C=CC(=O)c1ccsc1. The lowest BCUT2D eigenvalue weighted by molar-refractivity contribution is -0.116. The highest BCUT2D eigenvalue weighted by Gasteiger charge is 2.01. The lowest BCUT2D eigenvalue weighted by Gasteiger charge is -1.89. The number of nitrogens with two attached hydrogens (primary N) is 1. The van der Waals surface area contributed by atoms with Crippen LogP contribution in [-0.4, -0.2) is 11.7 Å². The van der Waals surface area contributed by atoms with E-state index in [1.165, 1.54) is 17.4 Å². The van der Waals surface area contributed by atoms with Crippen LogP contribution in [0.3, 0.4) is 0 Å². The minimum Gasteiger partial charge on any atom is -0.291 e. The van der Waals surface area contributed by atoms with E-state index < -0.39 is 5.91 Å². The monoisotopic (exact) mass is 196 g/mol. The fraction of sp³-hybridized carbons (Fsp3) is 0. The second-order valence-electron chi connectivity index (χ2n) is 2.22. The van der Waals surface area contributed by atoms with Gasteiger partial charge in [0.25, 0.3) is 5.91 Å². The van der Waals surface area contributed by atoms with Gasteiger partial charge in [0, 0.05) is 17.0 Å². The lowest BCUT2D eigenvalue weighted by atomic mass is 10.2. The van der Waals surface area contributed by atoms with Crippen LogP contribution in [0.4, 0.5) is 0 Å². The maximum absolute atomic E-state index is 11.2. The average molecular weight is 196 g/mol. The first-order valence-corrected chi connectivity index (χ1v) is 4.43. The summed E-state index contributed by atoms with van der Waals surface area (Å²) in [5.74, 6) is 4.12. The Balaban J connectivity index is 2.61. The molecular weight excluding hydrogens is 188 g/mol. The summed E-state index contributed by atoms with van der Waals surface area (Å²) in [6, 6.07) is 1.69. The van der Waals surface area contributed by atoms with Gasteiger partial charge in [0.2, 0.25) is 0 Å². The predicted molar refractivity (Wildman–Crippen MR) is 50.1 cm³/mol. The van der Waals surface area contributed by atoms with Crippen LogP contribution in [0.1, 0.15) is 10.4 Å². The molecule has 68 valence electrons. The number of hydrazine groups is 1. The molecule has 1 aromatic heterocycles. The number of thiophene rings is 1. The van der Waals surface area contributed by atoms with Gasteiger partial charge in [0.15, 0.2) is 5.78 Å². The van der Waals surface area contributed by atoms with Gasteiger partial charge in [-0.15, -0.1) is 0 Å². The van der Waals surface area contributed by atoms with Crippen molar-refractivity contribution in [3.63, 3.8) is 0 Å². The van der Waals surface area contributed by atoms with Crippen LogP contribution in [0, 0.1) is 0 Å². The van der Waals surface area contributed by atoms with E-state index in [0.29, 0.717) is 5.56 Å². The van der Waals surface area contributed by atoms with Crippen LogP contribution in [-0.2, 0) is 4.79 Å². The van der Waals surface area contributed by atoms with Gasteiger partial charge < -0.3 is 0 Å². The number of ketones is 1. The van der Waals surface area contributed by atoms with Crippen molar-refractivity contribution in [1.82, 2.24) is 5.43 Å². The van der Waals surface area contributed by atoms with Gasteiger partial charge >= 0.3 is 0 Å². The molecule has 1 heterocycles. The first-order valence-electron chi connectivity index (χ1n) is 3.49. The van der Waals surface area contributed by atoms with Crippen molar-refractivity contribution in [3.05, 3.63) is 34.5 Å². The van der Waals surface area contributed by atoms with Crippen LogP contribution >= 0.6 is 11.3 Å². The minimum absolute atomic E-state index is 0.204. The largest absolute Gasteiger partial charge is 0.291 e. The van der Waals surface area contributed by atoms with Gasteiger partial charge in [0.05, 0.1) is 0 Å². The molecule has 0 unspecified atom stereocenters. The summed E-state index contributed by atoms with van der Waals surface area (Å²) in [5, 5.41) is 3.51. The normalized spacial score (nSPS) is 10.2. The highest BCUT2D eigenvalue weighted by Crippen LogP contribution is 2.06. The molecule has 0 fully saturated rings. The fourth-order valence-corrected chi connectivity index (χ4v) is 1.35. The van der Waals surface area contributed by atoms with E-state index in [-0.39, 0.29) is 5.78 Å². The quantitative estimate of drug-likeness (QED) is 0.243. The van der Waals surface area contributed by atoms with Gasteiger partial charge in [-0.05, 0) is 17.5 Å². The van der Waals surface area contributed by atoms with Crippen LogP contribution in [0.15, 0.2) is 29.0 Å². The summed E-state index contributed by atoms with van der Waals surface area (Å²) in [6.45, 7) is 0. The summed E-state index contributed by atoms with van der Waals surface area (Å²) in [4.78, 5) is 21.8. The molecule has 0 saturated carbocycles. The van der Waals surface area contributed by atoms with Crippen LogP contribution in [0.2, 0.25) is 0 Å². The molecular formula is C8H8N2O2S. The molecule has 0 saturated heterocycles. The molecule has 0 atom stereocenters. The second kappa shape index (κ2) is 4.54. The number of amides is 1. The maximum atomic E-state index is 11.2. The molecule has 0 aliphatic carbocycles. The lowest BCUT2D eigenvalue weighted by Crippen LogP contribution is -2.28. The van der Waals surface area contributed by atoms with E-state index in [1.807, 2.05) is 5.43 Å². The number of carbonyl (C=O) groups excluding carboxylic acids is 2. The Hall–Kier alpha value is -1.46. The first-order chi connectivity index (χ1) is 6.24. The van der Waals surface area contributed by atoms with Gasteiger partial charge in [-0.1, -0.05) is 0 Å². The van der Waals surface area contributed by atoms with Gasteiger partial charge in [-0.3, -0.25) is 15.0 Å². The third-order valence-electron chi connectivity index (χ3n) is 1.33. The molecule has 0 aliphatic rings. The molecule has 1 rings (SSSR count). The molecule has 1 aromatic rings. The maximum Gasteiger partial charge on any atom is 0.258 e. The van der Waals surface area contributed by atoms with Crippen molar-refractivity contribution in [1.29, 1.82) is 0 Å². The summed E-state index contributed by atoms with van der Waals surface area (Å²) in [7, 11) is 0. The van der Waals surface area contributed by atoms with Crippen LogP contribution in [0.25, 0.3) is 0 Å². The molecule has 0 aromatic carbocycles. The third kappa shape index (κ3) is 2.81. The van der Waals surface area contributed by atoms with Crippen LogP contribution in [0.5, 0.6) is 0 Å². The molecule has 0 bridgehead atoms. The zero-order chi connectivity index (χ0) is 9.68. The Bertz CT molecular complexity index is 330. The Morgan fingerprint density at radius 1 is 1.46 bits per heavy atom. The van der Waals surface area contributed by atoms with Gasteiger partial charge in [-0.2, -0.15) is 11.3 Å². The Morgan fingerprint density at radius 2 is 2.23 bits per heavy atom. The van der Waals surface area contributed by atoms with E-state index in [0.717, 1.165) is 6.08 Å². The van der Waals surface area contributed by atoms with Gasteiger partial charge in [-0.25, -0.2) is 5.84 Å². The molecule has 13 heavy (non-hydrogen) atoms. The van der Waals surface area contributed by atoms with E-state index in [9.17, 15) is 9.59 Å². The molecule has 0 radical (unpaired) electrons. The standard InChI is InChI=1S/C8H8N2O2S/c9-10-8(12)2-1-7(11)6-3-4-13-5-6/h1-5H,9H2,(H,10,12). The number of rotatable bonds is 3. The number of hydrogen-bond donors (Lipinski definition) is 2. The number of hydrogen-bond acceptors (Lipinski definition) is 4. The summed E-state index contributed by atoms with van der Waals surface area (Å²) in [5.41, 5.74) is 2.47. The van der Waals surface area contributed by atoms with Crippen molar-refractivity contribution >= 4 is 23.0 Å². The zero-order valence-corrected chi connectivity index (χ0v) is 7.51. The predicted octanol–water partition coefficient (Wildman–Crippen LogP) is 0.477. The van der Waals surface area contributed by atoms with Crippen molar-refractivity contribution in [3.8, 4) is 0 Å². The molecule has 5 heteroatoms. The zero-order valence-electron chi connectivity index (χ0n) is 6.69. The van der Waals surface area contributed by atoms with Crippen LogP contribution < -0.4 is 11.3 Å². The second-order valence-corrected chi connectivity index (χ2v) is 3.00. The van der Waals surface area contributed by atoms with Crippen molar-refractivity contribution in [2.75, 3.05) is 0 Å². The van der Waals surface area contributed by atoms with E-state index >= 15 is 0 Å². The Kier molecular flexibility index (Phi) is 3.36. The number of allylic oxidation sites excluding steroid dienone is 1. The number of carbonyl (C=O) groups is 2. The summed E-state index contributed by atoms with van der Waals surface area (Å²) >= 11 is 1.43. The molecule has 0 spiro atoms. The summed E-state index contributed by atoms with van der Waals surface area (Å²) in [6.07, 6.45) is 2.28. The van der Waals surface area contributed by atoms with E-state index in [1.54, 1.807) is 16.8 Å². The number of nitrogens with one attached hydrogen (secondary N) is 1. The van der Waals surface area contributed by atoms with E-state index in [4.69, 9.17) is 5.84 Å². The molecule has 0 aliphatic heterocycles. The molecule has 1 amide bonds. The highest BCUT2D eigenvalue weighted by molar-refractivity contribution is 7.08. The fourth-order valence-electron chi connectivity index (χ4n) is 0.700. The summed E-state index contributed by atoms with van der Waals surface area (Å²) < 4.78 is 0. The highest BCUT2D eigenvalue weighted by atomic mass is 32.1. The van der Waals surface area contributed by atoms with Crippen molar-refractivity contribution in [2.45, 2.75) is 0 Å².